The van der Waals surface area contributed by atoms with Crippen LogP contribution in [0, 0.1) is 13.8 Å². The Kier molecular flexibility index (Phi) is 6.21. The molecule has 0 saturated heterocycles. The number of rotatable bonds is 5. The van der Waals surface area contributed by atoms with Gasteiger partial charge in [-0.3, -0.25) is 0 Å². The van der Waals surface area contributed by atoms with Crippen molar-refractivity contribution in [1.82, 2.24) is 0 Å². The quantitative estimate of drug-likeness (QED) is 0.717. The van der Waals surface area contributed by atoms with E-state index in [1.165, 1.54) is 16.8 Å². The Labute approximate surface area is 151 Å². The first-order chi connectivity index (χ1) is 11.4. The Morgan fingerprint density at radius 3 is 2.00 bits per heavy atom. The van der Waals surface area contributed by atoms with Crippen molar-refractivity contribution in [1.29, 1.82) is 0 Å². The highest BCUT2D eigenvalue weighted by atomic mass is 32.1. The Morgan fingerprint density at radius 2 is 1.50 bits per heavy atom. The molecule has 0 bridgehead atoms. The summed E-state index contributed by atoms with van der Waals surface area (Å²) in [6, 6.07) is 15.2. The SMILES string of the molecule is CCN(c1ccc(NC(=S)Nc2cc(C)cc(C)c2)cc1)C(C)C. The fourth-order valence-corrected chi connectivity index (χ4v) is 3.16. The zero-order chi connectivity index (χ0) is 17.7. The predicted molar refractivity (Wildman–Crippen MR) is 110 cm³/mol. The van der Waals surface area contributed by atoms with Gasteiger partial charge in [-0.25, -0.2) is 0 Å². The molecule has 0 aliphatic heterocycles. The van der Waals surface area contributed by atoms with Gasteiger partial charge in [-0.1, -0.05) is 6.07 Å². The van der Waals surface area contributed by atoms with Gasteiger partial charge >= 0.3 is 0 Å². The lowest BCUT2D eigenvalue weighted by Crippen LogP contribution is -2.30. The van der Waals surface area contributed by atoms with Gasteiger partial charge in [0.25, 0.3) is 0 Å². The summed E-state index contributed by atoms with van der Waals surface area (Å²) in [5.41, 5.74) is 5.67. The second-order valence-corrected chi connectivity index (χ2v) is 6.79. The lowest BCUT2D eigenvalue weighted by Gasteiger charge is -2.27. The van der Waals surface area contributed by atoms with Crippen molar-refractivity contribution >= 4 is 34.4 Å². The molecule has 4 heteroatoms. The first-order valence-electron chi connectivity index (χ1n) is 8.42. The number of thiocarbonyl (C=S) groups is 1. The Morgan fingerprint density at radius 1 is 0.958 bits per heavy atom. The second kappa shape index (κ2) is 8.15. The Bertz CT molecular complexity index is 672. The van der Waals surface area contributed by atoms with Crippen molar-refractivity contribution in [2.24, 2.45) is 0 Å². The molecule has 0 amide bonds. The number of nitrogens with one attached hydrogen (secondary N) is 2. The maximum absolute atomic E-state index is 5.42. The van der Waals surface area contributed by atoms with Gasteiger partial charge in [0, 0.05) is 29.6 Å². The lowest BCUT2D eigenvalue weighted by atomic mass is 10.1. The van der Waals surface area contributed by atoms with E-state index in [-0.39, 0.29) is 0 Å². The summed E-state index contributed by atoms with van der Waals surface area (Å²) in [6.45, 7) is 11.8. The van der Waals surface area contributed by atoms with Crippen LogP contribution in [-0.2, 0) is 0 Å². The molecule has 128 valence electrons. The minimum absolute atomic E-state index is 0.487. The molecular formula is C20H27N3S. The molecule has 0 unspecified atom stereocenters. The average Bonchev–Trinajstić information content (AvgIpc) is 2.48. The monoisotopic (exact) mass is 341 g/mol. The van der Waals surface area contributed by atoms with Crippen LogP contribution < -0.4 is 15.5 Å². The fourth-order valence-electron chi connectivity index (χ4n) is 2.92. The molecule has 0 aromatic heterocycles. The summed E-state index contributed by atoms with van der Waals surface area (Å²) in [5.74, 6) is 0. The van der Waals surface area contributed by atoms with Gasteiger partial charge in [-0.15, -0.1) is 0 Å². The molecule has 0 aliphatic carbocycles. The molecular weight excluding hydrogens is 314 g/mol. The van der Waals surface area contributed by atoms with Crippen LogP contribution in [-0.4, -0.2) is 17.7 Å². The van der Waals surface area contributed by atoms with E-state index in [4.69, 9.17) is 12.2 Å². The van der Waals surface area contributed by atoms with Crippen LogP contribution >= 0.6 is 12.2 Å². The molecule has 0 heterocycles. The third kappa shape index (κ3) is 4.96. The highest BCUT2D eigenvalue weighted by Gasteiger charge is 2.08. The first kappa shape index (κ1) is 18.3. The summed E-state index contributed by atoms with van der Waals surface area (Å²) >= 11 is 5.42. The number of nitrogens with zero attached hydrogens (tertiary/aromatic N) is 1. The van der Waals surface area contributed by atoms with E-state index in [0.717, 1.165) is 17.9 Å². The molecule has 0 radical (unpaired) electrons. The van der Waals surface area contributed by atoms with Crippen LogP contribution in [0.15, 0.2) is 42.5 Å². The van der Waals surface area contributed by atoms with Crippen LogP contribution in [0.2, 0.25) is 0 Å². The Hall–Kier alpha value is -2.07. The number of hydrogen-bond donors (Lipinski definition) is 2. The molecule has 3 nitrogen and oxygen atoms in total. The minimum Gasteiger partial charge on any atom is -0.369 e. The van der Waals surface area contributed by atoms with Crippen LogP contribution in [0.3, 0.4) is 0 Å². The van der Waals surface area contributed by atoms with E-state index in [9.17, 15) is 0 Å². The summed E-state index contributed by atoms with van der Waals surface area (Å²) in [7, 11) is 0. The largest absolute Gasteiger partial charge is 0.369 e. The molecule has 2 N–H and O–H groups in total. The first-order valence-corrected chi connectivity index (χ1v) is 8.83. The average molecular weight is 342 g/mol. The Balaban J connectivity index is 2.01. The third-order valence-corrected chi connectivity index (χ3v) is 4.10. The van der Waals surface area contributed by atoms with Crippen molar-refractivity contribution in [3.63, 3.8) is 0 Å². The number of benzene rings is 2. The van der Waals surface area contributed by atoms with Gasteiger partial charge in [0.05, 0.1) is 0 Å². The molecule has 0 spiro atoms. The van der Waals surface area contributed by atoms with Crippen LogP contribution in [0.1, 0.15) is 31.9 Å². The zero-order valence-electron chi connectivity index (χ0n) is 15.2. The topological polar surface area (TPSA) is 27.3 Å². The number of hydrogen-bond acceptors (Lipinski definition) is 2. The van der Waals surface area contributed by atoms with E-state index in [1.54, 1.807) is 0 Å². The fraction of sp³-hybridized carbons (Fsp3) is 0.350. The summed E-state index contributed by atoms with van der Waals surface area (Å²) in [6.07, 6.45) is 0. The molecule has 0 aliphatic rings. The van der Waals surface area contributed by atoms with Gasteiger partial charge in [0.1, 0.15) is 0 Å². The van der Waals surface area contributed by atoms with Crippen molar-refractivity contribution in [2.45, 2.75) is 40.7 Å². The molecule has 0 saturated carbocycles. The van der Waals surface area contributed by atoms with Gasteiger partial charge in [0.2, 0.25) is 0 Å². The van der Waals surface area contributed by atoms with E-state index in [0.29, 0.717) is 11.2 Å². The maximum atomic E-state index is 5.42. The van der Waals surface area contributed by atoms with Crippen LogP contribution in [0.4, 0.5) is 17.1 Å². The van der Waals surface area contributed by atoms with Crippen molar-refractivity contribution in [2.75, 3.05) is 22.1 Å². The van der Waals surface area contributed by atoms with Gasteiger partial charge in [-0.05, 0) is 94.4 Å². The molecule has 2 rings (SSSR count). The second-order valence-electron chi connectivity index (χ2n) is 6.38. The summed E-state index contributed by atoms with van der Waals surface area (Å²) in [5, 5.41) is 7.09. The highest BCUT2D eigenvalue weighted by molar-refractivity contribution is 7.80. The predicted octanol–water partition coefficient (Wildman–Crippen LogP) is 5.35. The minimum atomic E-state index is 0.487. The van der Waals surface area contributed by atoms with Crippen molar-refractivity contribution in [3.05, 3.63) is 53.6 Å². The number of anilines is 3. The third-order valence-electron chi connectivity index (χ3n) is 3.90. The zero-order valence-corrected chi connectivity index (χ0v) is 16.0. The van der Waals surface area contributed by atoms with Gasteiger partial charge in [0.15, 0.2) is 5.11 Å². The van der Waals surface area contributed by atoms with Gasteiger partial charge in [-0.2, -0.15) is 0 Å². The van der Waals surface area contributed by atoms with E-state index >= 15 is 0 Å². The van der Waals surface area contributed by atoms with Crippen LogP contribution in [0.25, 0.3) is 0 Å². The molecule has 0 fully saturated rings. The molecule has 2 aromatic carbocycles. The summed E-state index contributed by atoms with van der Waals surface area (Å²) in [4.78, 5) is 2.36. The van der Waals surface area contributed by atoms with E-state index in [1.807, 2.05) is 0 Å². The molecule has 2 aromatic rings. The number of aryl methyl sites for hydroxylation is 2. The van der Waals surface area contributed by atoms with Crippen molar-refractivity contribution < 1.29 is 0 Å². The van der Waals surface area contributed by atoms with E-state index < -0.39 is 0 Å². The highest BCUT2D eigenvalue weighted by Crippen LogP contribution is 2.20. The standard InChI is InChI=1S/C20H27N3S/c1-6-23(14(2)3)19-9-7-17(8-10-19)21-20(24)22-18-12-15(4)11-16(5)13-18/h7-14H,6H2,1-5H3,(H2,21,22,24). The normalized spacial score (nSPS) is 10.6. The van der Waals surface area contributed by atoms with Crippen molar-refractivity contribution in [3.8, 4) is 0 Å². The molecule has 0 atom stereocenters. The van der Waals surface area contributed by atoms with E-state index in [2.05, 4.69) is 92.6 Å². The van der Waals surface area contributed by atoms with Gasteiger partial charge < -0.3 is 15.5 Å². The smallest absolute Gasteiger partial charge is 0.175 e. The van der Waals surface area contributed by atoms with Crippen LogP contribution in [0.5, 0.6) is 0 Å². The lowest BCUT2D eigenvalue weighted by molar-refractivity contribution is 0.704. The summed E-state index contributed by atoms with van der Waals surface area (Å²) < 4.78 is 0. The maximum Gasteiger partial charge on any atom is 0.175 e. The molecule has 24 heavy (non-hydrogen) atoms.